The number of nitrogens with one attached hydrogen (secondary N) is 4. The third-order valence-electron chi connectivity index (χ3n) is 12.8. The molecule has 14 heteroatoms. The highest BCUT2D eigenvalue weighted by Crippen LogP contribution is 2.41. The van der Waals surface area contributed by atoms with Crippen LogP contribution in [0.4, 0.5) is 27.1 Å². The molecule has 328 valence electrons. The van der Waals surface area contributed by atoms with Gasteiger partial charge in [0.25, 0.3) is 5.91 Å². The molecule has 5 aromatic carbocycles. The van der Waals surface area contributed by atoms with Crippen LogP contribution in [-0.2, 0) is 19.2 Å². The predicted molar refractivity (Wildman–Crippen MR) is 244 cm³/mol. The number of amides is 5. The standard InChI is InChI=1S/C50H50FN7O6/c1-52-48(61)34-5-3-6-35(25-34)53-50(63)47-41-26-32(10-17-43(41)56(2)55-47)38-15-12-36(58-22-4-7-46(58)60)28-40(38)31-8-13-37(14-9-31)64-29-30-20-23-57(24-21-30)44-18-11-33(27-42(44)51)39-16-19-45(59)54-49(39)62/h3,5-6,8-15,17-18,25-28,30,39,47,55H,4,7,16,19-24,29H2,1-2H3,(H,52,61)(H,53,63)(H,54,59,62). The Labute approximate surface area is 370 Å². The lowest BCUT2D eigenvalue weighted by atomic mass is 9.90. The number of carbonyl (C=O) groups is 5. The highest BCUT2D eigenvalue weighted by Gasteiger charge is 2.33. The van der Waals surface area contributed by atoms with Crippen LogP contribution >= 0.6 is 0 Å². The van der Waals surface area contributed by atoms with Crippen molar-refractivity contribution in [1.29, 1.82) is 0 Å². The molecule has 0 aromatic heterocycles. The average Bonchev–Trinajstić information content (AvgIpc) is 3.90. The van der Waals surface area contributed by atoms with E-state index in [1.165, 1.54) is 6.07 Å². The number of rotatable bonds is 11. The molecule has 0 bridgehead atoms. The zero-order chi connectivity index (χ0) is 44.5. The monoisotopic (exact) mass is 863 g/mol. The molecule has 4 heterocycles. The first kappa shape index (κ1) is 42.3. The summed E-state index contributed by atoms with van der Waals surface area (Å²) in [6.07, 6.45) is 3.61. The van der Waals surface area contributed by atoms with Gasteiger partial charge in [0, 0.05) is 69.1 Å². The number of imide groups is 1. The van der Waals surface area contributed by atoms with Crippen LogP contribution in [0.3, 0.4) is 0 Å². The minimum Gasteiger partial charge on any atom is -0.493 e. The fraction of sp³-hybridized carbons (Fsp3) is 0.300. The van der Waals surface area contributed by atoms with Crippen LogP contribution in [0, 0.1) is 11.7 Å². The van der Waals surface area contributed by atoms with E-state index in [1.54, 1.807) is 43.4 Å². The van der Waals surface area contributed by atoms with Crippen LogP contribution in [-0.4, -0.2) is 69.9 Å². The summed E-state index contributed by atoms with van der Waals surface area (Å²) in [5.74, 6) is -0.962. The van der Waals surface area contributed by atoms with Gasteiger partial charge in [-0.2, -0.15) is 0 Å². The van der Waals surface area contributed by atoms with Gasteiger partial charge in [-0.3, -0.25) is 29.3 Å². The van der Waals surface area contributed by atoms with Crippen molar-refractivity contribution < 1.29 is 33.1 Å². The summed E-state index contributed by atoms with van der Waals surface area (Å²) in [7, 11) is 3.43. The van der Waals surface area contributed by atoms with Gasteiger partial charge in [0.15, 0.2) is 0 Å². The number of fused-ring (bicyclic) bond motifs is 1. The van der Waals surface area contributed by atoms with E-state index < -0.39 is 12.0 Å². The summed E-state index contributed by atoms with van der Waals surface area (Å²) < 4.78 is 21.7. The highest BCUT2D eigenvalue weighted by atomic mass is 19.1. The molecule has 2 unspecified atom stereocenters. The van der Waals surface area contributed by atoms with Crippen molar-refractivity contribution in [2.75, 3.05) is 60.5 Å². The molecule has 4 aliphatic heterocycles. The minimum atomic E-state index is -0.697. The van der Waals surface area contributed by atoms with E-state index in [4.69, 9.17) is 4.74 Å². The van der Waals surface area contributed by atoms with Gasteiger partial charge in [-0.1, -0.05) is 36.4 Å². The molecule has 2 atom stereocenters. The largest absolute Gasteiger partial charge is 0.493 e. The second-order valence-corrected chi connectivity index (χ2v) is 16.9. The third kappa shape index (κ3) is 8.65. The maximum Gasteiger partial charge on any atom is 0.251 e. The molecule has 4 aliphatic rings. The van der Waals surface area contributed by atoms with Crippen molar-refractivity contribution in [2.24, 2.45) is 5.92 Å². The Balaban J connectivity index is 0.893. The van der Waals surface area contributed by atoms with Gasteiger partial charge < -0.3 is 30.2 Å². The van der Waals surface area contributed by atoms with Gasteiger partial charge in [0.2, 0.25) is 23.6 Å². The van der Waals surface area contributed by atoms with Gasteiger partial charge in [-0.15, -0.1) is 0 Å². The number of hydrogen-bond donors (Lipinski definition) is 4. The zero-order valence-electron chi connectivity index (χ0n) is 35.8. The lowest BCUT2D eigenvalue weighted by Crippen LogP contribution is -2.39. The van der Waals surface area contributed by atoms with Gasteiger partial charge in [0.1, 0.15) is 17.6 Å². The molecular formula is C50H50FN7O6. The number of carbonyl (C=O) groups excluding carboxylic acids is 5. The third-order valence-corrected chi connectivity index (χ3v) is 12.8. The summed E-state index contributed by atoms with van der Waals surface area (Å²) in [4.78, 5) is 66.7. The Morgan fingerprint density at radius 3 is 2.33 bits per heavy atom. The van der Waals surface area contributed by atoms with Crippen LogP contribution in [0.25, 0.3) is 22.3 Å². The SMILES string of the molecule is CNC(=O)c1cccc(NC(=O)C2NN(C)c3ccc(-c4ccc(N5CCCC5=O)cc4-c4ccc(OCC5CCN(c6ccc(C7CCC(=O)NC7=O)cc6F)CC5)cc4)cc32)c1. The molecule has 9 rings (SSSR count). The van der Waals surface area contributed by atoms with Crippen molar-refractivity contribution in [3.63, 3.8) is 0 Å². The second kappa shape index (κ2) is 18.0. The van der Waals surface area contributed by atoms with Gasteiger partial charge in [0.05, 0.1) is 23.9 Å². The first-order valence-corrected chi connectivity index (χ1v) is 21.9. The Bertz CT molecular complexity index is 2650. The zero-order valence-corrected chi connectivity index (χ0v) is 35.8. The second-order valence-electron chi connectivity index (χ2n) is 16.9. The van der Waals surface area contributed by atoms with E-state index in [1.807, 2.05) is 76.5 Å². The molecule has 0 spiro atoms. The van der Waals surface area contributed by atoms with Gasteiger partial charge in [-0.05, 0) is 126 Å². The van der Waals surface area contributed by atoms with E-state index in [0.717, 1.165) is 64.2 Å². The number of nitrogens with zero attached hydrogens (tertiary/aromatic N) is 3. The van der Waals surface area contributed by atoms with Crippen molar-refractivity contribution in [1.82, 2.24) is 16.1 Å². The number of halogens is 1. The molecule has 0 aliphatic carbocycles. The molecule has 13 nitrogen and oxygen atoms in total. The molecule has 3 saturated heterocycles. The topological polar surface area (TPSA) is 152 Å². The molecule has 64 heavy (non-hydrogen) atoms. The number of benzene rings is 5. The van der Waals surface area contributed by atoms with Crippen LogP contribution in [0.1, 0.15) is 72.0 Å². The molecule has 3 fully saturated rings. The molecule has 4 N–H and O–H groups in total. The molecule has 0 saturated carbocycles. The van der Waals surface area contributed by atoms with E-state index in [-0.39, 0.29) is 47.7 Å². The van der Waals surface area contributed by atoms with Crippen molar-refractivity contribution >= 4 is 52.3 Å². The molecule has 5 amide bonds. The predicted octanol–water partition coefficient (Wildman–Crippen LogP) is 7.10. The van der Waals surface area contributed by atoms with Crippen LogP contribution in [0.2, 0.25) is 0 Å². The fourth-order valence-electron chi connectivity index (χ4n) is 9.29. The molecule has 0 radical (unpaired) electrons. The molecule has 5 aromatic rings. The summed E-state index contributed by atoms with van der Waals surface area (Å²) in [5, 5.41) is 9.77. The van der Waals surface area contributed by atoms with Crippen molar-refractivity contribution in [3.8, 4) is 28.0 Å². The Hall–Kier alpha value is -7.06. The smallest absolute Gasteiger partial charge is 0.251 e. The lowest BCUT2D eigenvalue weighted by molar-refractivity contribution is -0.134. The highest BCUT2D eigenvalue weighted by molar-refractivity contribution is 6.02. The minimum absolute atomic E-state index is 0.0995. The first-order valence-electron chi connectivity index (χ1n) is 21.9. The summed E-state index contributed by atoms with van der Waals surface area (Å²) >= 11 is 0. The Kier molecular flexibility index (Phi) is 11.9. The van der Waals surface area contributed by atoms with Crippen molar-refractivity contribution in [3.05, 3.63) is 126 Å². The van der Waals surface area contributed by atoms with E-state index in [2.05, 4.69) is 27.4 Å². The number of anilines is 4. The van der Waals surface area contributed by atoms with Crippen molar-refractivity contribution in [2.45, 2.75) is 50.5 Å². The van der Waals surface area contributed by atoms with Gasteiger partial charge in [-0.25, -0.2) is 9.82 Å². The fourth-order valence-corrected chi connectivity index (χ4v) is 9.29. The van der Waals surface area contributed by atoms with E-state index in [9.17, 15) is 24.0 Å². The van der Waals surface area contributed by atoms with Crippen LogP contribution in [0.5, 0.6) is 5.75 Å². The van der Waals surface area contributed by atoms with Crippen LogP contribution < -0.4 is 40.9 Å². The number of hydrogen-bond acceptors (Lipinski definition) is 9. The summed E-state index contributed by atoms with van der Waals surface area (Å²) in [5.41, 5.74) is 11.5. The number of hydrazine groups is 1. The molecular weight excluding hydrogens is 814 g/mol. The maximum atomic E-state index is 15.4. The average molecular weight is 864 g/mol. The summed E-state index contributed by atoms with van der Waals surface area (Å²) in [6.45, 7) is 2.53. The number of piperidine rings is 2. The van der Waals surface area contributed by atoms with Gasteiger partial charge >= 0.3 is 0 Å². The van der Waals surface area contributed by atoms with E-state index >= 15 is 4.39 Å². The first-order chi connectivity index (χ1) is 31.0. The maximum absolute atomic E-state index is 15.4. The lowest BCUT2D eigenvalue weighted by Gasteiger charge is -2.34. The normalized spacial score (nSPS) is 18.8. The summed E-state index contributed by atoms with van der Waals surface area (Å²) in [6, 6.07) is 31.2. The van der Waals surface area contributed by atoms with Crippen LogP contribution in [0.15, 0.2) is 103 Å². The Morgan fingerprint density at radius 1 is 0.812 bits per heavy atom. The Morgan fingerprint density at radius 2 is 1.59 bits per heavy atom. The number of ether oxygens (including phenoxy) is 1. The van der Waals surface area contributed by atoms with E-state index in [0.29, 0.717) is 61.6 Å². The quantitative estimate of drug-likeness (QED) is 0.102.